The second kappa shape index (κ2) is 12.4. The van der Waals surface area contributed by atoms with E-state index in [2.05, 4.69) is 5.32 Å². The molecule has 0 bridgehead atoms. The molecule has 0 saturated carbocycles. The molecule has 2 rings (SSSR count). The van der Waals surface area contributed by atoms with Crippen LogP contribution in [0.5, 0.6) is 5.75 Å². The quantitative estimate of drug-likeness (QED) is 0.459. The van der Waals surface area contributed by atoms with Crippen LogP contribution in [-0.4, -0.2) is 57.6 Å². The molecular formula is C24H32FN3O5S. The molecule has 0 fully saturated rings. The minimum Gasteiger partial charge on any atom is -0.497 e. The van der Waals surface area contributed by atoms with Gasteiger partial charge < -0.3 is 15.0 Å². The third-order valence-electron chi connectivity index (χ3n) is 5.31. The molecule has 34 heavy (non-hydrogen) atoms. The lowest BCUT2D eigenvalue weighted by Crippen LogP contribution is -2.51. The van der Waals surface area contributed by atoms with Gasteiger partial charge in [0.05, 0.1) is 19.1 Å². The van der Waals surface area contributed by atoms with Crippen LogP contribution in [-0.2, 0) is 26.2 Å². The number of hydrogen-bond acceptors (Lipinski definition) is 5. The molecule has 1 N–H and O–H groups in total. The van der Waals surface area contributed by atoms with Gasteiger partial charge in [0.1, 0.15) is 24.2 Å². The summed E-state index contributed by atoms with van der Waals surface area (Å²) in [6.07, 6.45) is 2.59. The Kier molecular flexibility index (Phi) is 9.85. The lowest BCUT2D eigenvalue weighted by Gasteiger charge is -2.31. The predicted molar refractivity (Wildman–Crippen MR) is 130 cm³/mol. The number of nitrogens with one attached hydrogen (secondary N) is 1. The van der Waals surface area contributed by atoms with Gasteiger partial charge in [-0.2, -0.15) is 0 Å². The van der Waals surface area contributed by atoms with Crippen molar-refractivity contribution in [2.45, 2.75) is 39.3 Å². The zero-order valence-electron chi connectivity index (χ0n) is 20.0. The Hall–Kier alpha value is -3.14. The first kappa shape index (κ1) is 27.1. The zero-order valence-corrected chi connectivity index (χ0v) is 20.8. The van der Waals surface area contributed by atoms with Crippen molar-refractivity contribution in [1.82, 2.24) is 10.2 Å². The van der Waals surface area contributed by atoms with E-state index in [4.69, 9.17) is 4.74 Å². The summed E-state index contributed by atoms with van der Waals surface area (Å²) < 4.78 is 45.2. The lowest BCUT2D eigenvalue weighted by molar-refractivity contribution is -0.139. The van der Waals surface area contributed by atoms with Gasteiger partial charge in [0.25, 0.3) is 0 Å². The zero-order chi connectivity index (χ0) is 25.3. The molecular weight excluding hydrogens is 461 g/mol. The van der Waals surface area contributed by atoms with Crippen LogP contribution in [0.15, 0.2) is 48.5 Å². The summed E-state index contributed by atoms with van der Waals surface area (Å²) in [5, 5.41) is 2.80. The molecule has 0 unspecified atom stereocenters. The van der Waals surface area contributed by atoms with Crippen LogP contribution in [0.3, 0.4) is 0 Å². The molecule has 1 atom stereocenters. The number of carbonyl (C=O) groups excluding carboxylic acids is 2. The van der Waals surface area contributed by atoms with E-state index < -0.39 is 34.3 Å². The molecule has 0 aliphatic rings. The maximum atomic E-state index is 14.4. The molecule has 0 aliphatic heterocycles. The molecule has 0 aromatic heterocycles. The van der Waals surface area contributed by atoms with E-state index in [1.165, 1.54) is 30.2 Å². The Bertz CT molecular complexity index is 1080. The summed E-state index contributed by atoms with van der Waals surface area (Å²) >= 11 is 0. The van der Waals surface area contributed by atoms with Crippen LogP contribution in [0.1, 0.15) is 32.3 Å². The lowest BCUT2D eigenvalue weighted by atomic mass is 10.1. The number of rotatable bonds is 12. The number of sulfonamides is 1. The van der Waals surface area contributed by atoms with E-state index in [0.717, 1.165) is 30.7 Å². The van der Waals surface area contributed by atoms with Gasteiger partial charge in [0.15, 0.2) is 0 Å². The molecule has 0 aliphatic carbocycles. The number of unbranched alkanes of at least 4 members (excludes halogenated alkanes) is 1. The first-order valence-corrected chi connectivity index (χ1v) is 12.9. The van der Waals surface area contributed by atoms with Crippen LogP contribution in [0.4, 0.5) is 10.1 Å². The number of methoxy groups -OCH3 is 1. The molecule has 8 nitrogen and oxygen atoms in total. The Morgan fingerprint density at radius 3 is 2.32 bits per heavy atom. The standard InChI is InChI=1S/C24H32FN3O5S/c1-5-6-15-26-24(30)18(2)27(16-19-11-13-20(33-3)14-12-19)23(29)17-28(34(4,31)32)22-10-8-7-9-21(22)25/h7-14,18H,5-6,15-17H2,1-4H3,(H,26,30)/t18-/m1/s1. The van der Waals surface area contributed by atoms with E-state index >= 15 is 0 Å². The Morgan fingerprint density at radius 1 is 1.12 bits per heavy atom. The summed E-state index contributed by atoms with van der Waals surface area (Å²) in [4.78, 5) is 27.4. The first-order chi connectivity index (χ1) is 16.1. The highest BCUT2D eigenvalue weighted by Crippen LogP contribution is 2.22. The number of ether oxygens (including phenoxy) is 1. The predicted octanol–water partition coefficient (Wildman–Crippen LogP) is 2.93. The van der Waals surface area contributed by atoms with Crippen LogP contribution >= 0.6 is 0 Å². The topological polar surface area (TPSA) is 96.0 Å². The van der Waals surface area contributed by atoms with Gasteiger partial charge in [-0.15, -0.1) is 0 Å². The van der Waals surface area contributed by atoms with Crippen molar-refractivity contribution in [2.24, 2.45) is 0 Å². The molecule has 2 aromatic carbocycles. The summed E-state index contributed by atoms with van der Waals surface area (Å²) in [5.74, 6) is -1.13. The van der Waals surface area contributed by atoms with Gasteiger partial charge in [-0.25, -0.2) is 12.8 Å². The van der Waals surface area contributed by atoms with E-state index in [0.29, 0.717) is 16.6 Å². The molecule has 0 saturated heterocycles. The highest BCUT2D eigenvalue weighted by molar-refractivity contribution is 7.92. The smallest absolute Gasteiger partial charge is 0.244 e. The van der Waals surface area contributed by atoms with E-state index in [1.807, 2.05) is 6.92 Å². The van der Waals surface area contributed by atoms with Crippen molar-refractivity contribution >= 4 is 27.5 Å². The minimum atomic E-state index is -3.99. The van der Waals surface area contributed by atoms with Crippen molar-refractivity contribution in [3.8, 4) is 5.75 Å². The van der Waals surface area contributed by atoms with Gasteiger partial charge in [-0.3, -0.25) is 13.9 Å². The fourth-order valence-corrected chi connectivity index (χ4v) is 4.15. The molecule has 10 heteroatoms. The largest absolute Gasteiger partial charge is 0.497 e. The maximum Gasteiger partial charge on any atom is 0.244 e. The molecule has 0 spiro atoms. The number of nitrogens with zero attached hydrogens (tertiary/aromatic N) is 2. The summed E-state index contributed by atoms with van der Waals surface area (Å²) in [6, 6.07) is 11.4. The van der Waals surface area contributed by atoms with Gasteiger partial charge in [0, 0.05) is 13.1 Å². The van der Waals surface area contributed by atoms with E-state index in [9.17, 15) is 22.4 Å². The highest BCUT2D eigenvalue weighted by Gasteiger charge is 2.30. The van der Waals surface area contributed by atoms with Crippen LogP contribution < -0.4 is 14.4 Å². The van der Waals surface area contributed by atoms with Gasteiger partial charge >= 0.3 is 0 Å². The SMILES string of the molecule is CCCCNC(=O)[C@@H](C)N(Cc1ccc(OC)cc1)C(=O)CN(c1ccccc1F)S(C)(=O)=O. The second-order valence-corrected chi connectivity index (χ2v) is 9.82. The van der Waals surface area contributed by atoms with Gasteiger partial charge in [0.2, 0.25) is 21.8 Å². The maximum absolute atomic E-state index is 14.4. The number of benzene rings is 2. The van der Waals surface area contributed by atoms with Crippen molar-refractivity contribution in [3.63, 3.8) is 0 Å². The summed E-state index contributed by atoms with van der Waals surface area (Å²) in [6.45, 7) is 3.45. The Balaban J connectivity index is 2.35. The number of amides is 2. The minimum absolute atomic E-state index is 0.0556. The molecule has 2 amide bonds. The normalized spacial score (nSPS) is 12.0. The van der Waals surface area contributed by atoms with Crippen LogP contribution in [0.25, 0.3) is 0 Å². The summed E-state index contributed by atoms with van der Waals surface area (Å²) in [5.41, 5.74) is 0.488. The summed E-state index contributed by atoms with van der Waals surface area (Å²) in [7, 11) is -2.45. The Labute approximate surface area is 200 Å². The van der Waals surface area contributed by atoms with Crippen LogP contribution in [0.2, 0.25) is 0 Å². The average molecular weight is 494 g/mol. The van der Waals surface area contributed by atoms with Crippen molar-refractivity contribution < 1.29 is 27.1 Å². The monoisotopic (exact) mass is 493 g/mol. The highest BCUT2D eigenvalue weighted by atomic mass is 32.2. The van der Waals surface area contributed by atoms with Gasteiger partial charge in [-0.05, 0) is 43.2 Å². The fourth-order valence-electron chi connectivity index (χ4n) is 3.30. The molecule has 0 radical (unpaired) electrons. The average Bonchev–Trinajstić information content (AvgIpc) is 2.80. The van der Waals surface area contributed by atoms with Crippen molar-refractivity contribution in [2.75, 3.05) is 30.8 Å². The number of para-hydroxylation sites is 1. The van der Waals surface area contributed by atoms with Gasteiger partial charge in [-0.1, -0.05) is 37.6 Å². The first-order valence-electron chi connectivity index (χ1n) is 11.0. The van der Waals surface area contributed by atoms with Crippen LogP contribution in [0, 0.1) is 5.82 Å². The molecule has 0 heterocycles. The molecule has 2 aromatic rings. The third kappa shape index (κ3) is 7.44. The Morgan fingerprint density at radius 2 is 1.76 bits per heavy atom. The number of anilines is 1. The number of halogens is 1. The van der Waals surface area contributed by atoms with Crippen molar-refractivity contribution in [1.29, 1.82) is 0 Å². The van der Waals surface area contributed by atoms with E-state index in [1.54, 1.807) is 31.2 Å². The number of carbonyl (C=O) groups is 2. The molecule has 186 valence electrons. The van der Waals surface area contributed by atoms with E-state index in [-0.39, 0.29) is 18.1 Å². The second-order valence-electron chi connectivity index (χ2n) is 7.91. The van der Waals surface area contributed by atoms with Crippen molar-refractivity contribution in [3.05, 3.63) is 59.9 Å². The number of hydrogen-bond donors (Lipinski definition) is 1. The fraction of sp³-hybridized carbons (Fsp3) is 0.417. The third-order valence-corrected chi connectivity index (χ3v) is 6.44.